The Morgan fingerprint density at radius 1 is 1.00 bits per heavy atom. The van der Waals surface area contributed by atoms with Crippen molar-refractivity contribution >= 4 is 17.6 Å². The molecule has 4 rings (SSSR count). The van der Waals surface area contributed by atoms with Crippen molar-refractivity contribution in [1.29, 1.82) is 0 Å². The molecule has 0 fully saturated rings. The molecule has 0 amide bonds. The van der Waals surface area contributed by atoms with Gasteiger partial charge in [0.05, 0.1) is 11.6 Å². The number of anilines is 1. The Morgan fingerprint density at radius 2 is 1.75 bits per heavy atom. The number of ether oxygens (including phenoxy) is 1. The monoisotopic (exact) mass is 264 g/mol. The molecule has 3 nitrogen and oxygen atoms in total. The van der Waals surface area contributed by atoms with Crippen LogP contribution >= 0.6 is 0 Å². The highest BCUT2D eigenvalue weighted by molar-refractivity contribution is 5.86. The zero-order valence-corrected chi connectivity index (χ0v) is 11.6. The minimum Gasteiger partial charge on any atom is -0.460 e. The van der Waals surface area contributed by atoms with E-state index in [4.69, 9.17) is 4.74 Å². The fraction of sp³-hybridized carbons (Fsp3) is 0.235. The van der Waals surface area contributed by atoms with Gasteiger partial charge in [-0.15, -0.1) is 0 Å². The van der Waals surface area contributed by atoms with Crippen molar-refractivity contribution in [2.75, 3.05) is 5.32 Å². The minimum atomic E-state index is -0.620. The molecule has 3 heteroatoms. The maximum Gasteiger partial charge on any atom is 0.226 e. The molecule has 2 aromatic carbocycles. The van der Waals surface area contributed by atoms with E-state index < -0.39 is 5.72 Å². The van der Waals surface area contributed by atoms with Gasteiger partial charge in [0.2, 0.25) is 5.72 Å². The normalized spacial score (nSPS) is 24.7. The number of rotatable bonds is 0. The third-order valence-electron chi connectivity index (χ3n) is 4.37. The number of hydrogen-bond donors (Lipinski definition) is 1. The van der Waals surface area contributed by atoms with E-state index in [1.165, 1.54) is 5.56 Å². The standard InChI is InChI=1S/C17H16N2O/c1-16(2)12-7-3-4-8-13(12)19-17(16)11-18-14-9-5-6-10-15(14)20-17/h3-11,19H,1-2H3. The van der Waals surface area contributed by atoms with Gasteiger partial charge in [-0.2, -0.15) is 0 Å². The second-order valence-corrected chi connectivity index (χ2v) is 5.86. The molecule has 0 saturated heterocycles. The van der Waals surface area contributed by atoms with Crippen LogP contribution in [0.5, 0.6) is 5.75 Å². The molecule has 1 unspecified atom stereocenters. The quantitative estimate of drug-likeness (QED) is 0.783. The molecule has 100 valence electrons. The lowest BCUT2D eigenvalue weighted by Crippen LogP contribution is -2.56. The molecule has 2 aliphatic heterocycles. The van der Waals surface area contributed by atoms with E-state index in [1.807, 2.05) is 36.5 Å². The summed E-state index contributed by atoms with van der Waals surface area (Å²) in [4.78, 5) is 4.59. The van der Waals surface area contributed by atoms with E-state index in [-0.39, 0.29) is 5.41 Å². The predicted octanol–water partition coefficient (Wildman–Crippen LogP) is 3.88. The van der Waals surface area contributed by atoms with Crippen molar-refractivity contribution in [3.63, 3.8) is 0 Å². The fourth-order valence-corrected chi connectivity index (χ4v) is 3.05. The molecule has 0 radical (unpaired) electrons. The Kier molecular flexibility index (Phi) is 2.09. The molecule has 2 aromatic rings. The third kappa shape index (κ3) is 1.32. The number of nitrogens with one attached hydrogen (secondary N) is 1. The van der Waals surface area contributed by atoms with Crippen molar-refractivity contribution in [3.05, 3.63) is 54.1 Å². The topological polar surface area (TPSA) is 33.6 Å². The summed E-state index contributed by atoms with van der Waals surface area (Å²) >= 11 is 0. The van der Waals surface area contributed by atoms with Gasteiger partial charge < -0.3 is 10.1 Å². The molecule has 0 saturated carbocycles. The second kappa shape index (κ2) is 3.63. The summed E-state index contributed by atoms with van der Waals surface area (Å²) in [5.41, 5.74) is 2.44. The van der Waals surface area contributed by atoms with E-state index in [0.29, 0.717) is 0 Å². The maximum absolute atomic E-state index is 6.32. The molecule has 1 N–H and O–H groups in total. The van der Waals surface area contributed by atoms with Gasteiger partial charge >= 0.3 is 0 Å². The Bertz CT molecular complexity index is 720. The van der Waals surface area contributed by atoms with E-state index >= 15 is 0 Å². The van der Waals surface area contributed by atoms with Crippen LogP contribution in [0.15, 0.2) is 53.5 Å². The zero-order chi connectivity index (χ0) is 13.8. The molecular formula is C17H16N2O. The van der Waals surface area contributed by atoms with Gasteiger partial charge in [-0.05, 0) is 37.6 Å². The smallest absolute Gasteiger partial charge is 0.226 e. The number of para-hydroxylation sites is 3. The molecule has 20 heavy (non-hydrogen) atoms. The van der Waals surface area contributed by atoms with Crippen molar-refractivity contribution in [3.8, 4) is 5.75 Å². The summed E-state index contributed by atoms with van der Waals surface area (Å²) in [6, 6.07) is 16.2. The molecule has 2 aliphatic rings. The van der Waals surface area contributed by atoms with Gasteiger partial charge in [-0.1, -0.05) is 30.3 Å². The van der Waals surface area contributed by atoms with E-state index in [0.717, 1.165) is 17.1 Å². The first-order chi connectivity index (χ1) is 9.62. The third-order valence-corrected chi connectivity index (χ3v) is 4.37. The van der Waals surface area contributed by atoms with Crippen molar-refractivity contribution in [2.24, 2.45) is 4.99 Å². The summed E-state index contributed by atoms with van der Waals surface area (Å²) in [6.07, 6.45) is 1.90. The van der Waals surface area contributed by atoms with Gasteiger partial charge in [0.1, 0.15) is 11.4 Å². The number of nitrogens with zero attached hydrogens (tertiary/aromatic N) is 1. The molecule has 0 aliphatic carbocycles. The highest BCUT2D eigenvalue weighted by Crippen LogP contribution is 2.49. The van der Waals surface area contributed by atoms with Crippen LogP contribution < -0.4 is 10.1 Å². The summed E-state index contributed by atoms with van der Waals surface area (Å²) < 4.78 is 6.32. The molecule has 1 atom stereocenters. The zero-order valence-electron chi connectivity index (χ0n) is 11.6. The first kappa shape index (κ1) is 11.5. The highest BCUT2D eigenvalue weighted by Gasteiger charge is 2.54. The van der Waals surface area contributed by atoms with E-state index in [2.05, 4.69) is 42.4 Å². The Balaban J connectivity index is 1.86. The summed E-state index contributed by atoms with van der Waals surface area (Å²) in [5.74, 6) is 0.823. The first-order valence-electron chi connectivity index (χ1n) is 6.83. The second-order valence-electron chi connectivity index (χ2n) is 5.86. The van der Waals surface area contributed by atoms with Crippen molar-refractivity contribution in [2.45, 2.75) is 25.0 Å². The minimum absolute atomic E-state index is 0.194. The van der Waals surface area contributed by atoms with E-state index in [9.17, 15) is 0 Å². The predicted molar refractivity (Wildman–Crippen MR) is 81.0 cm³/mol. The van der Waals surface area contributed by atoms with Crippen LogP contribution in [0.3, 0.4) is 0 Å². The SMILES string of the molecule is CC1(C)c2ccccc2NC12C=Nc1ccccc1O2. The maximum atomic E-state index is 6.32. The van der Waals surface area contributed by atoms with Crippen LogP contribution in [-0.4, -0.2) is 11.9 Å². The van der Waals surface area contributed by atoms with Gasteiger partial charge in [-0.25, -0.2) is 0 Å². The van der Waals surface area contributed by atoms with Crippen LogP contribution in [-0.2, 0) is 5.41 Å². The molecule has 2 heterocycles. The Labute approximate surface area is 118 Å². The fourth-order valence-electron chi connectivity index (χ4n) is 3.05. The largest absolute Gasteiger partial charge is 0.460 e. The highest BCUT2D eigenvalue weighted by atomic mass is 16.5. The van der Waals surface area contributed by atoms with Gasteiger partial charge in [0.25, 0.3) is 0 Å². The van der Waals surface area contributed by atoms with Crippen LogP contribution in [0.4, 0.5) is 11.4 Å². The Morgan fingerprint density at radius 3 is 2.60 bits per heavy atom. The van der Waals surface area contributed by atoms with Crippen LogP contribution in [0.1, 0.15) is 19.4 Å². The average Bonchev–Trinajstić information content (AvgIpc) is 2.67. The first-order valence-corrected chi connectivity index (χ1v) is 6.83. The van der Waals surface area contributed by atoms with Crippen molar-refractivity contribution in [1.82, 2.24) is 0 Å². The van der Waals surface area contributed by atoms with E-state index in [1.54, 1.807) is 0 Å². The summed E-state index contributed by atoms with van der Waals surface area (Å²) in [7, 11) is 0. The van der Waals surface area contributed by atoms with Crippen LogP contribution in [0.25, 0.3) is 0 Å². The lowest BCUT2D eigenvalue weighted by molar-refractivity contribution is 0.106. The molecular weight excluding hydrogens is 248 g/mol. The lowest BCUT2D eigenvalue weighted by atomic mass is 9.78. The number of benzene rings is 2. The van der Waals surface area contributed by atoms with Gasteiger partial charge in [-0.3, -0.25) is 4.99 Å². The number of hydrogen-bond acceptors (Lipinski definition) is 3. The van der Waals surface area contributed by atoms with Gasteiger partial charge in [0.15, 0.2) is 0 Å². The number of fused-ring (bicyclic) bond motifs is 2. The lowest BCUT2D eigenvalue weighted by Gasteiger charge is -2.40. The molecule has 1 spiro atoms. The number of aliphatic imine (C=N–C) groups is 1. The summed E-state index contributed by atoms with van der Waals surface area (Å²) in [5, 5.41) is 3.51. The van der Waals surface area contributed by atoms with Crippen LogP contribution in [0.2, 0.25) is 0 Å². The molecule has 0 bridgehead atoms. The van der Waals surface area contributed by atoms with Crippen molar-refractivity contribution < 1.29 is 4.74 Å². The van der Waals surface area contributed by atoms with Crippen LogP contribution in [0, 0.1) is 0 Å². The average molecular weight is 264 g/mol. The molecule has 0 aromatic heterocycles. The van der Waals surface area contributed by atoms with Gasteiger partial charge in [0, 0.05) is 5.69 Å². The summed E-state index contributed by atoms with van der Waals surface area (Å²) in [6.45, 7) is 4.37. The Hall–Kier alpha value is -2.29.